The van der Waals surface area contributed by atoms with Gasteiger partial charge in [0.25, 0.3) is 10.0 Å². The highest BCUT2D eigenvalue weighted by molar-refractivity contribution is 7.90. The Hall–Kier alpha value is -3.05. The summed E-state index contributed by atoms with van der Waals surface area (Å²) >= 11 is 12.3. The van der Waals surface area contributed by atoms with E-state index in [0.29, 0.717) is 21.3 Å². The average Bonchev–Trinajstić information content (AvgIpc) is 3.17. The van der Waals surface area contributed by atoms with Gasteiger partial charge in [-0.15, -0.1) is 0 Å². The van der Waals surface area contributed by atoms with Crippen LogP contribution in [0, 0.1) is 0 Å². The molecule has 0 atom stereocenters. The fraction of sp³-hybridized carbons (Fsp3) is 0. The Morgan fingerprint density at radius 3 is 1.75 bits per heavy atom. The zero-order chi connectivity index (χ0) is 22.3. The van der Waals surface area contributed by atoms with Crippen molar-refractivity contribution in [3.05, 3.63) is 113 Å². The Kier molecular flexibility index (Phi) is 5.30. The first-order chi connectivity index (χ1) is 15.5. The van der Waals surface area contributed by atoms with E-state index in [1.165, 1.54) is 3.97 Å². The smallest absolute Gasteiger partial charge is 0.233 e. The zero-order valence-corrected chi connectivity index (χ0v) is 19.1. The lowest BCUT2D eigenvalue weighted by Gasteiger charge is -2.14. The van der Waals surface area contributed by atoms with Gasteiger partial charge in [-0.3, -0.25) is 0 Å². The number of halogens is 2. The minimum Gasteiger partial charge on any atom is -0.233 e. The molecule has 0 N–H and O–H groups in total. The van der Waals surface area contributed by atoms with Crippen LogP contribution in [0.3, 0.4) is 0 Å². The predicted octanol–water partition coefficient (Wildman–Crippen LogP) is 7.52. The number of para-hydroxylation sites is 1. The summed E-state index contributed by atoms with van der Waals surface area (Å²) in [5.74, 6) is 0. The summed E-state index contributed by atoms with van der Waals surface area (Å²) in [6, 6.07) is 30.6. The van der Waals surface area contributed by atoms with E-state index >= 15 is 0 Å². The number of benzene rings is 4. The van der Waals surface area contributed by atoms with Gasteiger partial charge in [0.05, 0.1) is 16.1 Å². The van der Waals surface area contributed by atoms with Crippen LogP contribution in [-0.2, 0) is 10.0 Å². The molecular formula is C26H17Cl2NO2S. The standard InChI is InChI=1S/C26H17Cl2NO2S/c27-20-14-10-18(11-15-20)25-23-8-4-5-9-24(23)29(26(25)19-12-16-21(28)17-13-19)32(30,31)22-6-2-1-3-7-22/h1-17H. The molecule has 5 aromatic rings. The van der Waals surface area contributed by atoms with E-state index in [4.69, 9.17) is 23.2 Å². The lowest BCUT2D eigenvalue weighted by atomic mass is 9.98. The number of hydrogen-bond acceptors (Lipinski definition) is 2. The van der Waals surface area contributed by atoms with Crippen molar-refractivity contribution < 1.29 is 8.42 Å². The third-order valence-electron chi connectivity index (χ3n) is 5.36. The number of aromatic nitrogens is 1. The first-order valence-corrected chi connectivity index (χ1v) is 12.1. The molecule has 0 aliphatic heterocycles. The summed E-state index contributed by atoms with van der Waals surface area (Å²) in [4.78, 5) is 0.221. The number of hydrogen-bond donors (Lipinski definition) is 0. The molecule has 6 heteroatoms. The summed E-state index contributed by atoms with van der Waals surface area (Å²) < 4.78 is 29.3. The summed E-state index contributed by atoms with van der Waals surface area (Å²) in [6.45, 7) is 0. The fourth-order valence-corrected chi connectivity index (χ4v) is 5.76. The molecule has 1 heterocycles. The molecule has 32 heavy (non-hydrogen) atoms. The molecule has 0 spiro atoms. The van der Waals surface area contributed by atoms with E-state index in [0.717, 1.165) is 22.1 Å². The highest BCUT2D eigenvalue weighted by Crippen LogP contribution is 2.43. The van der Waals surface area contributed by atoms with Crippen molar-refractivity contribution in [2.45, 2.75) is 4.90 Å². The van der Waals surface area contributed by atoms with Gasteiger partial charge in [0.2, 0.25) is 0 Å². The van der Waals surface area contributed by atoms with Crippen LogP contribution < -0.4 is 0 Å². The van der Waals surface area contributed by atoms with Crippen molar-refractivity contribution in [1.82, 2.24) is 3.97 Å². The van der Waals surface area contributed by atoms with Gasteiger partial charge >= 0.3 is 0 Å². The van der Waals surface area contributed by atoms with Gasteiger partial charge in [0.1, 0.15) is 0 Å². The van der Waals surface area contributed by atoms with Crippen molar-refractivity contribution in [3.63, 3.8) is 0 Å². The summed E-state index contributed by atoms with van der Waals surface area (Å²) in [7, 11) is -3.89. The summed E-state index contributed by atoms with van der Waals surface area (Å²) in [5, 5.41) is 2.03. The molecule has 0 saturated carbocycles. The van der Waals surface area contributed by atoms with Gasteiger partial charge in [-0.1, -0.05) is 83.9 Å². The van der Waals surface area contributed by atoms with Crippen LogP contribution in [0.2, 0.25) is 10.0 Å². The van der Waals surface area contributed by atoms with Gasteiger partial charge in [-0.05, 0) is 48.0 Å². The maximum Gasteiger partial charge on any atom is 0.268 e. The predicted molar refractivity (Wildman–Crippen MR) is 132 cm³/mol. The number of fused-ring (bicyclic) bond motifs is 1. The Bertz CT molecular complexity index is 1520. The first-order valence-electron chi connectivity index (χ1n) is 9.93. The SMILES string of the molecule is O=S(=O)(c1ccccc1)n1c(-c2ccc(Cl)cc2)c(-c2ccc(Cl)cc2)c2ccccc21. The maximum atomic E-state index is 13.9. The molecule has 0 unspecified atom stereocenters. The zero-order valence-electron chi connectivity index (χ0n) is 16.7. The molecule has 158 valence electrons. The Morgan fingerprint density at radius 1 is 0.594 bits per heavy atom. The third kappa shape index (κ3) is 3.51. The molecule has 0 radical (unpaired) electrons. The third-order valence-corrected chi connectivity index (χ3v) is 7.60. The van der Waals surface area contributed by atoms with Gasteiger partial charge < -0.3 is 0 Å². The average molecular weight is 478 g/mol. The van der Waals surface area contributed by atoms with Gasteiger partial charge in [-0.2, -0.15) is 0 Å². The van der Waals surface area contributed by atoms with Crippen LogP contribution in [0.1, 0.15) is 0 Å². The second-order valence-electron chi connectivity index (χ2n) is 7.34. The monoisotopic (exact) mass is 477 g/mol. The van der Waals surface area contributed by atoms with Crippen molar-refractivity contribution >= 4 is 44.1 Å². The summed E-state index contributed by atoms with van der Waals surface area (Å²) in [6.07, 6.45) is 0. The highest BCUT2D eigenvalue weighted by atomic mass is 35.5. The molecule has 1 aromatic heterocycles. The minimum atomic E-state index is -3.89. The van der Waals surface area contributed by atoms with Crippen LogP contribution in [0.5, 0.6) is 0 Å². The lowest BCUT2D eigenvalue weighted by Crippen LogP contribution is -2.14. The second-order valence-corrected chi connectivity index (χ2v) is 10.00. The molecule has 0 bridgehead atoms. The lowest BCUT2D eigenvalue weighted by molar-refractivity contribution is 0.589. The van der Waals surface area contributed by atoms with Crippen molar-refractivity contribution in [2.24, 2.45) is 0 Å². The van der Waals surface area contributed by atoms with Crippen molar-refractivity contribution in [1.29, 1.82) is 0 Å². The molecule has 0 saturated heterocycles. The van der Waals surface area contributed by atoms with Crippen molar-refractivity contribution in [2.75, 3.05) is 0 Å². The van der Waals surface area contributed by atoms with E-state index in [2.05, 4.69) is 0 Å². The van der Waals surface area contributed by atoms with Crippen LogP contribution in [-0.4, -0.2) is 12.4 Å². The second kappa shape index (κ2) is 8.14. The number of nitrogens with zero attached hydrogens (tertiary/aromatic N) is 1. The molecule has 5 rings (SSSR count). The first kappa shape index (κ1) is 20.8. The molecule has 0 aliphatic rings. The molecular weight excluding hydrogens is 461 g/mol. The fourth-order valence-electron chi connectivity index (χ4n) is 3.94. The van der Waals surface area contributed by atoms with E-state index in [1.807, 2.05) is 48.5 Å². The van der Waals surface area contributed by atoms with Crippen LogP contribution in [0.4, 0.5) is 0 Å². The van der Waals surface area contributed by atoms with E-state index < -0.39 is 10.0 Å². The van der Waals surface area contributed by atoms with Crippen LogP contribution >= 0.6 is 23.2 Å². The molecule has 4 aromatic carbocycles. The highest BCUT2D eigenvalue weighted by Gasteiger charge is 2.28. The molecule has 0 aliphatic carbocycles. The maximum absolute atomic E-state index is 13.9. The Balaban J connectivity index is 1.95. The van der Waals surface area contributed by atoms with Gasteiger partial charge in [0, 0.05) is 26.6 Å². The van der Waals surface area contributed by atoms with Gasteiger partial charge in [-0.25, -0.2) is 12.4 Å². The van der Waals surface area contributed by atoms with E-state index in [-0.39, 0.29) is 4.90 Å². The minimum absolute atomic E-state index is 0.221. The molecule has 3 nitrogen and oxygen atoms in total. The topological polar surface area (TPSA) is 39.1 Å². The Morgan fingerprint density at radius 2 is 1.12 bits per heavy atom. The van der Waals surface area contributed by atoms with E-state index in [1.54, 1.807) is 54.6 Å². The normalized spacial score (nSPS) is 11.7. The quantitative estimate of drug-likeness (QED) is 0.268. The van der Waals surface area contributed by atoms with Crippen LogP contribution in [0.25, 0.3) is 33.3 Å². The molecule has 0 fully saturated rings. The van der Waals surface area contributed by atoms with Crippen molar-refractivity contribution in [3.8, 4) is 22.4 Å². The number of rotatable bonds is 4. The molecule has 0 amide bonds. The van der Waals surface area contributed by atoms with Gasteiger partial charge in [0.15, 0.2) is 0 Å². The van der Waals surface area contributed by atoms with Crippen LogP contribution in [0.15, 0.2) is 108 Å². The Labute approximate surface area is 196 Å². The largest absolute Gasteiger partial charge is 0.268 e. The van der Waals surface area contributed by atoms with E-state index in [9.17, 15) is 8.42 Å². The summed E-state index contributed by atoms with van der Waals surface area (Å²) in [5.41, 5.74) is 3.62.